The van der Waals surface area contributed by atoms with Crippen LogP contribution in [0.4, 0.5) is 8.78 Å². The van der Waals surface area contributed by atoms with Gasteiger partial charge < -0.3 is 10.1 Å². The second-order valence-corrected chi connectivity index (χ2v) is 9.30. The molecule has 0 unspecified atom stereocenters. The first-order chi connectivity index (χ1) is 14.0. The van der Waals surface area contributed by atoms with Crippen LogP contribution in [0.25, 0.3) is 0 Å². The summed E-state index contributed by atoms with van der Waals surface area (Å²) in [4.78, 5) is 16.6. The van der Waals surface area contributed by atoms with Gasteiger partial charge in [0.05, 0.1) is 6.04 Å². The van der Waals surface area contributed by atoms with Gasteiger partial charge in [0, 0.05) is 30.9 Å². The molecular formula is C21H22F2N2O4S. The van der Waals surface area contributed by atoms with E-state index in [1.165, 1.54) is 6.08 Å². The Hall–Kier alpha value is -2.81. The predicted molar refractivity (Wildman–Crippen MR) is 108 cm³/mol. The monoisotopic (exact) mass is 436 g/mol. The average molecular weight is 436 g/mol. The Morgan fingerprint density at radius 1 is 1.30 bits per heavy atom. The van der Waals surface area contributed by atoms with Crippen LogP contribution in [0.3, 0.4) is 0 Å². The number of para-hydroxylation sites is 1. The van der Waals surface area contributed by atoms with Crippen molar-refractivity contribution in [3.05, 3.63) is 65.3 Å². The number of ether oxygens (including phenoxy) is 1. The number of carbonyl (C=O) groups is 1. The Kier molecular flexibility index (Phi) is 6.21. The minimum absolute atomic E-state index is 0.0229. The molecule has 1 amide bonds. The highest BCUT2D eigenvalue weighted by Crippen LogP contribution is 2.35. The smallest absolute Gasteiger partial charge is 0.287 e. The Labute approximate surface area is 173 Å². The van der Waals surface area contributed by atoms with Crippen LogP contribution < -0.4 is 10.1 Å². The molecule has 0 aliphatic heterocycles. The van der Waals surface area contributed by atoms with Crippen LogP contribution in [0, 0.1) is 5.92 Å². The number of pyridine rings is 1. The van der Waals surface area contributed by atoms with Crippen LogP contribution >= 0.6 is 0 Å². The molecule has 0 spiro atoms. The van der Waals surface area contributed by atoms with Gasteiger partial charge in [-0.3, -0.25) is 9.78 Å². The fraction of sp³-hybridized carbons (Fsp3) is 0.333. The van der Waals surface area contributed by atoms with E-state index in [4.69, 9.17) is 4.74 Å². The van der Waals surface area contributed by atoms with Crippen molar-refractivity contribution in [1.82, 2.24) is 10.3 Å². The van der Waals surface area contributed by atoms with E-state index < -0.39 is 33.4 Å². The number of benzene rings is 1. The summed E-state index contributed by atoms with van der Waals surface area (Å²) < 4.78 is 56.1. The molecule has 1 N–H and O–H groups in total. The maximum absolute atomic E-state index is 13.8. The second-order valence-electron chi connectivity index (χ2n) is 7.36. The molecule has 30 heavy (non-hydrogen) atoms. The molecule has 2 aromatic rings. The van der Waals surface area contributed by atoms with E-state index in [-0.39, 0.29) is 17.2 Å². The number of aromatic nitrogens is 1. The number of hydrogen-bond donors (Lipinski definition) is 1. The van der Waals surface area contributed by atoms with Crippen LogP contribution in [-0.4, -0.2) is 31.6 Å². The molecule has 0 saturated heterocycles. The number of halogens is 2. The van der Waals surface area contributed by atoms with Crippen molar-refractivity contribution in [3.63, 3.8) is 0 Å². The maximum atomic E-state index is 13.8. The highest BCUT2D eigenvalue weighted by molar-refractivity contribution is 7.93. The molecule has 1 saturated carbocycles. The lowest BCUT2D eigenvalue weighted by Gasteiger charge is -2.18. The largest absolute Gasteiger partial charge is 0.456 e. The summed E-state index contributed by atoms with van der Waals surface area (Å²) in [6.45, 7) is 0.709. The van der Waals surface area contributed by atoms with E-state index in [1.54, 1.807) is 30.3 Å². The van der Waals surface area contributed by atoms with E-state index in [0.29, 0.717) is 12.7 Å². The summed E-state index contributed by atoms with van der Waals surface area (Å²) in [5, 5.41) is 3.81. The number of nitrogens with zero attached hydrogens (tertiary/aromatic N) is 1. The first kappa shape index (κ1) is 21.9. The van der Waals surface area contributed by atoms with Crippen LogP contribution in [0.1, 0.15) is 35.8 Å². The third-order valence-corrected chi connectivity index (χ3v) is 5.14. The van der Waals surface area contributed by atoms with E-state index >= 15 is 0 Å². The highest BCUT2D eigenvalue weighted by atomic mass is 32.2. The molecule has 1 heterocycles. The zero-order valence-corrected chi connectivity index (χ0v) is 17.3. The molecule has 9 heteroatoms. The first-order valence-corrected chi connectivity index (χ1v) is 11.3. The van der Waals surface area contributed by atoms with Crippen LogP contribution in [0.15, 0.2) is 54.1 Å². The molecule has 1 aromatic carbocycles. The molecule has 3 rings (SSSR count). The average Bonchev–Trinajstić information content (AvgIpc) is 3.49. The molecule has 1 aliphatic rings. The number of hydrogen-bond acceptors (Lipinski definition) is 5. The molecule has 1 aliphatic carbocycles. The predicted octanol–water partition coefficient (Wildman–Crippen LogP) is 4.05. The number of rotatable bonds is 8. The third kappa shape index (κ3) is 6.09. The van der Waals surface area contributed by atoms with Gasteiger partial charge in [-0.25, -0.2) is 8.42 Å². The summed E-state index contributed by atoms with van der Waals surface area (Å²) in [7, 11) is -3.35. The molecule has 1 fully saturated rings. The van der Waals surface area contributed by atoms with Crippen molar-refractivity contribution in [2.75, 3.05) is 6.26 Å². The van der Waals surface area contributed by atoms with Crippen LogP contribution in [-0.2, 0) is 15.8 Å². The number of carbonyl (C=O) groups excluding carboxylic acids is 1. The van der Waals surface area contributed by atoms with Crippen molar-refractivity contribution >= 4 is 15.7 Å². The van der Waals surface area contributed by atoms with Gasteiger partial charge in [-0.1, -0.05) is 24.3 Å². The molecule has 0 radical (unpaired) electrons. The summed E-state index contributed by atoms with van der Waals surface area (Å²) in [6.07, 6.45) is 5.25. The number of nitrogens with one attached hydrogen (secondary N) is 1. The Bertz CT molecular complexity index is 1050. The zero-order valence-electron chi connectivity index (χ0n) is 16.5. The van der Waals surface area contributed by atoms with Crippen LogP contribution in [0.2, 0.25) is 0 Å². The Balaban J connectivity index is 1.90. The minimum atomic E-state index is -3.35. The molecule has 1 atom stereocenters. The fourth-order valence-corrected chi connectivity index (χ4v) is 3.24. The molecule has 1 aromatic heterocycles. The number of alkyl halides is 2. The standard InChI is InChI=1S/C21H22F2N2O4S/c1-21(22,23)19-12-18(29-15-6-4-3-5-7-15)16(13-24-19)20(26)25-17(14-8-9-14)10-11-30(2,27)28/h3-7,10-14,17H,8-9H2,1-2H3,(H,25,26)/b11-10+/t17-/m1/s1. The Morgan fingerprint density at radius 2 is 1.97 bits per heavy atom. The van der Waals surface area contributed by atoms with E-state index in [1.807, 2.05) is 0 Å². The van der Waals surface area contributed by atoms with Gasteiger partial charge in [0.2, 0.25) is 0 Å². The normalized spacial score (nSPS) is 15.7. The lowest BCUT2D eigenvalue weighted by atomic mass is 10.1. The molecule has 6 nitrogen and oxygen atoms in total. The van der Waals surface area contributed by atoms with E-state index in [9.17, 15) is 22.0 Å². The summed E-state index contributed by atoms with van der Waals surface area (Å²) in [6, 6.07) is 9.01. The fourth-order valence-electron chi connectivity index (χ4n) is 2.78. The Morgan fingerprint density at radius 3 is 2.53 bits per heavy atom. The highest BCUT2D eigenvalue weighted by Gasteiger charge is 2.33. The summed E-state index contributed by atoms with van der Waals surface area (Å²) in [5.74, 6) is -3.36. The van der Waals surface area contributed by atoms with E-state index in [0.717, 1.165) is 36.8 Å². The van der Waals surface area contributed by atoms with Crippen molar-refractivity contribution in [2.24, 2.45) is 5.92 Å². The van der Waals surface area contributed by atoms with Crippen LogP contribution in [0.5, 0.6) is 11.5 Å². The minimum Gasteiger partial charge on any atom is -0.456 e. The van der Waals surface area contributed by atoms with Crippen molar-refractivity contribution in [3.8, 4) is 11.5 Å². The quantitative estimate of drug-likeness (QED) is 0.675. The van der Waals surface area contributed by atoms with Crippen molar-refractivity contribution < 1.29 is 26.7 Å². The maximum Gasteiger partial charge on any atom is 0.287 e. The lowest BCUT2D eigenvalue weighted by molar-refractivity contribution is 0.0125. The molecule has 160 valence electrons. The number of amides is 1. The third-order valence-electron chi connectivity index (χ3n) is 4.49. The zero-order chi connectivity index (χ0) is 21.9. The SMILES string of the molecule is CC(F)(F)c1cc(Oc2ccccc2)c(C(=O)N[C@H](/C=C/S(C)(=O)=O)C2CC2)cn1. The van der Waals surface area contributed by atoms with Gasteiger partial charge in [0.1, 0.15) is 22.8 Å². The van der Waals surface area contributed by atoms with Gasteiger partial charge in [-0.15, -0.1) is 0 Å². The van der Waals surface area contributed by atoms with Gasteiger partial charge in [-0.2, -0.15) is 8.78 Å². The molecule has 0 bridgehead atoms. The second kappa shape index (κ2) is 8.51. The first-order valence-electron chi connectivity index (χ1n) is 9.33. The van der Waals surface area contributed by atoms with Gasteiger partial charge in [0.25, 0.3) is 11.8 Å². The molecular weight excluding hydrogens is 414 g/mol. The van der Waals surface area contributed by atoms with E-state index in [2.05, 4.69) is 10.3 Å². The number of sulfone groups is 1. The van der Waals surface area contributed by atoms with Crippen molar-refractivity contribution in [1.29, 1.82) is 0 Å². The summed E-state index contributed by atoms with van der Waals surface area (Å²) in [5.41, 5.74) is -0.550. The lowest BCUT2D eigenvalue weighted by Crippen LogP contribution is -2.35. The van der Waals surface area contributed by atoms with Gasteiger partial charge in [-0.05, 0) is 30.9 Å². The van der Waals surface area contributed by atoms with Gasteiger partial charge in [0.15, 0.2) is 9.84 Å². The van der Waals surface area contributed by atoms with Crippen molar-refractivity contribution in [2.45, 2.75) is 31.7 Å². The van der Waals surface area contributed by atoms with Gasteiger partial charge >= 0.3 is 0 Å². The summed E-state index contributed by atoms with van der Waals surface area (Å²) >= 11 is 0. The topological polar surface area (TPSA) is 85.4 Å².